The molecule has 1 aliphatic heterocycles. The Bertz CT molecular complexity index is 593. The summed E-state index contributed by atoms with van der Waals surface area (Å²) in [7, 11) is 1.55. The Kier molecular flexibility index (Phi) is 3.98. The average molecular weight is 292 g/mol. The zero-order chi connectivity index (χ0) is 13.9. The van der Waals surface area contributed by atoms with Crippen LogP contribution >= 0.6 is 11.3 Å². The van der Waals surface area contributed by atoms with Gasteiger partial charge in [0.25, 0.3) is 0 Å². The average Bonchev–Trinajstić information content (AvgIpc) is 2.97. The molecule has 0 aliphatic carbocycles. The Labute approximate surface area is 121 Å². The number of piperidine rings is 1. The molecule has 5 heteroatoms. The van der Waals surface area contributed by atoms with E-state index in [0.717, 1.165) is 30.9 Å². The summed E-state index contributed by atoms with van der Waals surface area (Å²) in [5.74, 6) is 0.742. The molecular formula is C15H17FN2OS. The van der Waals surface area contributed by atoms with Crippen molar-refractivity contribution < 1.29 is 9.13 Å². The van der Waals surface area contributed by atoms with Gasteiger partial charge in [-0.1, -0.05) is 6.07 Å². The smallest absolute Gasteiger partial charge is 0.136 e. The van der Waals surface area contributed by atoms with Crippen LogP contribution in [0.5, 0.6) is 5.75 Å². The summed E-state index contributed by atoms with van der Waals surface area (Å²) < 4.78 is 19.3. The quantitative estimate of drug-likeness (QED) is 0.941. The molecule has 2 aromatic rings. The normalized spacial score (nSPS) is 16.3. The lowest BCUT2D eigenvalue weighted by molar-refractivity contribution is 0.413. The lowest BCUT2D eigenvalue weighted by atomic mass is 9.99. The van der Waals surface area contributed by atoms with Crippen LogP contribution in [0.1, 0.15) is 23.8 Å². The number of nitrogens with one attached hydrogen (secondary N) is 1. The van der Waals surface area contributed by atoms with Crippen LogP contribution < -0.4 is 10.1 Å². The molecule has 0 radical (unpaired) electrons. The van der Waals surface area contributed by atoms with E-state index in [2.05, 4.69) is 10.3 Å². The van der Waals surface area contributed by atoms with E-state index in [4.69, 9.17) is 4.74 Å². The van der Waals surface area contributed by atoms with Crippen LogP contribution in [0.4, 0.5) is 4.39 Å². The number of ether oxygens (including phenoxy) is 1. The fraction of sp³-hybridized carbons (Fsp3) is 0.400. The Morgan fingerprint density at radius 2 is 2.15 bits per heavy atom. The summed E-state index contributed by atoms with van der Waals surface area (Å²) in [5.41, 5.74) is 1.14. The second kappa shape index (κ2) is 5.89. The minimum atomic E-state index is -0.286. The van der Waals surface area contributed by atoms with Gasteiger partial charge in [-0.05, 0) is 38.1 Å². The predicted octanol–water partition coefficient (Wildman–Crippen LogP) is 3.42. The molecule has 0 bridgehead atoms. The summed E-state index contributed by atoms with van der Waals surface area (Å²) in [6.45, 7) is 2.06. The second-order valence-electron chi connectivity index (χ2n) is 4.91. The van der Waals surface area contributed by atoms with Crippen LogP contribution in [-0.4, -0.2) is 25.2 Å². The van der Waals surface area contributed by atoms with Gasteiger partial charge in [-0.2, -0.15) is 0 Å². The van der Waals surface area contributed by atoms with Crippen molar-refractivity contribution in [1.29, 1.82) is 0 Å². The van der Waals surface area contributed by atoms with Gasteiger partial charge in [-0.25, -0.2) is 9.37 Å². The highest BCUT2D eigenvalue weighted by atomic mass is 32.1. The number of hydrogen-bond donors (Lipinski definition) is 1. The molecule has 1 N–H and O–H groups in total. The fourth-order valence-corrected chi connectivity index (χ4v) is 3.56. The van der Waals surface area contributed by atoms with Crippen molar-refractivity contribution in [2.75, 3.05) is 20.2 Å². The largest absolute Gasteiger partial charge is 0.496 e. The zero-order valence-corrected chi connectivity index (χ0v) is 12.2. The Morgan fingerprint density at radius 3 is 2.90 bits per heavy atom. The van der Waals surface area contributed by atoms with E-state index in [0.29, 0.717) is 22.9 Å². The number of rotatable bonds is 3. The molecule has 106 valence electrons. The molecule has 1 aliphatic rings. The molecular weight excluding hydrogens is 275 g/mol. The molecule has 3 rings (SSSR count). The molecule has 2 heterocycles. The van der Waals surface area contributed by atoms with Crippen LogP contribution in [0.3, 0.4) is 0 Å². The number of hydrogen-bond acceptors (Lipinski definition) is 4. The first kappa shape index (κ1) is 13.5. The molecule has 1 aromatic heterocycles. The molecule has 20 heavy (non-hydrogen) atoms. The minimum Gasteiger partial charge on any atom is -0.496 e. The summed E-state index contributed by atoms with van der Waals surface area (Å²) in [4.78, 5) is 4.64. The fourth-order valence-electron chi connectivity index (χ4n) is 2.58. The Hall–Kier alpha value is -1.46. The van der Waals surface area contributed by atoms with Gasteiger partial charge in [0.2, 0.25) is 0 Å². The Balaban J connectivity index is 1.93. The molecule has 1 saturated heterocycles. The van der Waals surface area contributed by atoms with E-state index in [-0.39, 0.29) is 5.82 Å². The minimum absolute atomic E-state index is 0.286. The summed E-state index contributed by atoms with van der Waals surface area (Å²) in [6, 6.07) is 4.86. The van der Waals surface area contributed by atoms with Gasteiger partial charge in [0.1, 0.15) is 11.6 Å². The van der Waals surface area contributed by atoms with Crippen LogP contribution in [0, 0.1) is 5.82 Å². The summed E-state index contributed by atoms with van der Waals surface area (Å²) >= 11 is 1.62. The monoisotopic (exact) mass is 292 g/mol. The van der Waals surface area contributed by atoms with E-state index >= 15 is 0 Å². The highest BCUT2D eigenvalue weighted by Crippen LogP contribution is 2.36. The van der Waals surface area contributed by atoms with Gasteiger partial charge in [0.05, 0.1) is 23.4 Å². The van der Waals surface area contributed by atoms with Gasteiger partial charge in [-0.3, -0.25) is 0 Å². The summed E-state index contributed by atoms with van der Waals surface area (Å²) in [5, 5.41) is 6.38. The topological polar surface area (TPSA) is 34.1 Å². The molecule has 0 saturated carbocycles. The standard InChI is InChI=1S/C15H17FN2OS/c1-19-13-4-2-3-11(16)14(13)12-9-20-15(18-12)10-5-7-17-8-6-10/h2-4,9-10,17H,5-8H2,1H3. The van der Waals surface area contributed by atoms with Crippen molar-refractivity contribution in [2.45, 2.75) is 18.8 Å². The van der Waals surface area contributed by atoms with Gasteiger partial charge < -0.3 is 10.1 Å². The van der Waals surface area contributed by atoms with Crippen LogP contribution in [0.15, 0.2) is 23.6 Å². The second-order valence-corrected chi connectivity index (χ2v) is 5.80. The number of aromatic nitrogens is 1. The molecule has 1 fully saturated rings. The van der Waals surface area contributed by atoms with Crippen LogP contribution in [0.2, 0.25) is 0 Å². The molecule has 0 amide bonds. The first-order chi connectivity index (χ1) is 9.79. The predicted molar refractivity (Wildman–Crippen MR) is 78.9 cm³/mol. The third kappa shape index (κ3) is 2.55. The molecule has 0 spiro atoms. The van der Waals surface area contributed by atoms with Crippen molar-refractivity contribution in [1.82, 2.24) is 10.3 Å². The van der Waals surface area contributed by atoms with Crippen LogP contribution in [0.25, 0.3) is 11.3 Å². The van der Waals surface area contributed by atoms with Gasteiger partial charge >= 0.3 is 0 Å². The first-order valence-electron chi connectivity index (χ1n) is 6.78. The third-order valence-electron chi connectivity index (χ3n) is 3.66. The number of benzene rings is 1. The molecule has 0 unspecified atom stereocenters. The van der Waals surface area contributed by atoms with Crippen molar-refractivity contribution in [2.24, 2.45) is 0 Å². The van der Waals surface area contributed by atoms with Gasteiger partial charge in [0.15, 0.2) is 0 Å². The maximum absolute atomic E-state index is 14.0. The third-order valence-corrected chi connectivity index (χ3v) is 4.67. The van der Waals surface area contributed by atoms with E-state index < -0.39 is 0 Å². The van der Waals surface area contributed by atoms with Crippen molar-refractivity contribution in [3.05, 3.63) is 34.4 Å². The lowest BCUT2D eigenvalue weighted by Gasteiger charge is -2.20. The maximum atomic E-state index is 14.0. The lowest BCUT2D eigenvalue weighted by Crippen LogP contribution is -2.26. The zero-order valence-electron chi connectivity index (χ0n) is 11.4. The molecule has 0 atom stereocenters. The maximum Gasteiger partial charge on any atom is 0.136 e. The first-order valence-corrected chi connectivity index (χ1v) is 7.66. The summed E-state index contributed by atoms with van der Waals surface area (Å²) in [6.07, 6.45) is 2.20. The number of halogens is 1. The number of nitrogens with zero attached hydrogens (tertiary/aromatic N) is 1. The molecule has 3 nitrogen and oxygen atoms in total. The number of methoxy groups -OCH3 is 1. The highest BCUT2D eigenvalue weighted by molar-refractivity contribution is 7.10. The van der Waals surface area contributed by atoms with Crippen molar-refractivity contribution in [3.63, 3.8) is 0 Å². The van der Waals surface area contributed by atoms with Gasteiger partial charge in [-0.15, -0.1) is 11.3 Å². The highest BCUT2D eigenvalue weighted by Gasteiger charge is 2.21. The number of thiazole rings is 1. The van der Waals surface area contributed by atoms with E-state index in [9.17, 15) is 4.39 Å². The van der Waals surface area contributed by atoms with E-state index in [1.54, 1.807) is 30.6 Å². The Morgan fingerprint density at radius 1 is 1.35 bits per heavy atom. The van der Waals surface area contributed by atoms with Crippen molar-refractivity contribution in [3.8, 4) is 17.0 Å². The van der Waals surface area contributed by atoms with E-state index in [1.807, 2.05) is 5.38 Å². The SMILES string of the molecule is COc1cccc(F)c1-c1csc(C2CCNCC2)n1. The van der Waals surface area contributed by atoms with E-state index in [1.165, 1.54) is 6.07 Å². The van der Waals surface area contributed by atoms with Crippen LogP contribution in [-0.2, 0) is 0 Å². The molecule has 1 aromatic carbocycles. The van der Waals surface area contributed by atoms with Crippen molar-refractivity contribution >= 4 is 11.3 Å². The van der Waals surface area contributed by atoms with Gasteiger partial charge in [0, 0.05) is 11.3 Å².